The van der Waals surface area contributed by atoms with Gasteiger partial charge in [-0.05, 0) is 38.8 Å². The maximum atomic E-state index is 12.2. The molecule has 0 spiro atoms. The molecule has 0 aliphatic carbocycles. The van der Waals surface area contributed by atoms with Gasteiger partial charge in [0.25, 0.3) is 0 Å². The Balaban J connectivity index is 1.91. The molecule has 19 heavy (non-hydrogen) atoms. The molecule has 2 aliphatic heterocycles. The largest absolute Gasteiger partial charge is 0.315 e. The van der Waals surface area contributed by atoms with Crippen LogP contribution in [-0.4, -0.2) is 60.4 Å². The fraction of sp³-hybridized carbons (Fsp3) is 0.857. The van der Waals surface area contributed by atoms with Crippen LogP contribution in [0.3, 0.4) is 0 Å². The Hall–Kier alpha value is -0.940. The van der Waals surface area contributed by atoms with Gasteiger partial charge in [0.2, 0.25) is 11.8 Å². The first kappa shape index (κ1) is 14.5. The van der Waals surface area contributed by atoms with Crippen LogP contribution in [0.5, 0.6) is 0 Å². The van der Waals surface area contributed by atoms with Gasteiger partial charge in [-0.3, -0.25) is 19.4 Å². The van der Waals surface area contributed by atoms with Crippen LogP contribution >= 0.6 is 0 Å². The van der Waals surface area contributed by atoms with Gasteiger partial charge in [-0.1, -0.05) is 6.92 Å². The number of carbonyl (C=O) groups is 2. The minimum atomic E-state index is -0.0125. The number of nitrogens with one attached hydrogen (secondary N) is 1. The van der Waals surface area contributed by atoms with Gasteiger partial charge < -0.3 is 5.32 Å². The third-order valence-electron chi connectivity index (χ3n) is 4.01. The van der Waals surface area contributed by atoms with Crippen LogP contribution < -0.4 is 5.32 Å². The van der Waals surface area contributed by atoms with Crippen molar-refractivity contribution < 1.29 is 9.59 Å². The smallest absolute Gasteiger partial charge is 0.243 e. The van der Waals surface area contributed by atoms with E-state index in [1.807, 2.05) is 0 Å². The Bertz CT molecular complexity index is 327. The van der Waals surface area contributed by atoms with Crippen molar-refractivity contribution in [3.63, 3.8) is 0 Å². The fourth-order valence-electron chi connectivity index (χ4n) is 2.99. The highest BCUT2D eigenvalue weighted by molar-refractivity contribution is 5.97. The van der Waals surface area contributed by atoms with Crippen molar-refractivity contribution in [1.82, 2.24) is 15.1 Å². The van der Waals surface area contributed by atoms with E-state index in [-0.39, 0.29) is 11.8 Å². The summed E-state index contributed by atoms with van der Waals surface area (Å²) in [6, 6.07) is 0.440. The molecule has 1 atom stereocenters. The van der Waals surface area contributed by atoms with Crippen molar-refractivity contribution in [2.24, 2.45) is 0 Å². The van der Waals surface area contributed by atoms with Crippen LogP contribution in [0.4, 0.5) is 0 Å². The van der Waals surface area contributed by atoms with Crippen LogP contribution in [0.15, 0.2) is 0 Å². The zero-order chi connectivity index (χ0) is 13.7. The molecule has 0 aromatic carbocycles. The number of imide groups is 1. The van der Waals surface area contributed by atoms with E-state index < -0.39 is 0 Å². The molecule has 2 aliphatic rings. The number of rotatable bonds is 5. The first-order chi connectivity index (χ1) is 9.22. The van der Waals surface area contributed by atoms with E-state index in [1.54, 1.807) is 0 Å². The highest BCUT2D eigenvalue weighted by Crippen LogP contribution is 2.14. The van der Waals surface area contributed by atoms with Gasteiger partial charge in [-0.2, -0.15) is 0 Å². The van der Waals surface area contributed by atoms with Crippen molar-refractivity contribution in [1.29, 1.82) is 0 Å². The van der Waals surface area contributed by atoms with E-state index in [9.17, 15) is 9.59 Å². The molecule has 2 heterocycles. The monoisotopic (exact) mass is 267 g/mol. The molecule has 2 saturated heterocycles. The summed E-state index contributed by atoms with van der Waals surface area (Å²) in [6.45, 7) is 6.11. The summed E-state index contributed by atoms with van der Waals surface area (Å²) in [7, 11) is 0. The Morgan fingerprint density at radius 1 is 1.47 bits per heavy atom. The summed E-state index contributed by atoms with van der Waals surface area (Å²) in [6.07, 6.45) is 4.71. The Morgan fingerprint density at radius 2 is 2.32 bits per heavy atom. The highest BCUT2D eigenvalue weighted by atomic mass is 16.2. The standard InChI is InChI=1S/C14H25N3O2/c1-2-8-16(12-5-3-7-15-10-12)11-14(19)17-9-4-6-13(17)18/h12,15H,2-11H2,1H3. The van der Waals surface area contributed by atoms with Gasteiger partial charge in [0.1, 0.15) is 0 Å². The zero-order valence-corrected chi connectivity index (χ0v) is 11.9. The predicted octanol–water partition coefficient (Wildman–Crippen LogP) is 0.599. The van der Waals surface area contributed by atoms with E-state index in [4.69, 9.17) is 0 Å². The first-order valence-electron chi connectivity index (χ1n) is 7.50. The van der Waals surface area contributed by atoms with E-state index in [2.05, 4.69) is 17.1 Å². The molecule has 2 fully saturated rings. The van der Waals surface area contributed by atoms with Crippen molar-refractivity contribution in [2.45, 2.75) is 45.1 Å². The summed E-state index contributed by atoms with van der Waals surface area (Å²) in [4.78, 5) is 27.5. The lowest BCUT2D eigenvalue weighted by molar-refractivity contribution is -0.142. The molecule has 2 rings (SSSR count). The van der Waals surface area contributed by atoms with Crippen molar-refractivity contribution in [3.05, 3.63) is 0 Å². The van der Waals surface area contributed by atoms with E-state index >= 15 is 0 Å². The van der Waals surface area contributed by atoms with Crippen LogP contribution in [0.2, 0.25) is 0 Å². The van der Waals surface area contributed by atoms with Crippen molar-refractivity contribution in [2.75, 3.05) is 32.7 Å². The molecule has 0 aromatic rings. The molecule has 5 nitrogen and oxygen atoms in total. The number of likely N-dealkylation sites (tertiary alicyclic amines) is 1. The molecule has 1 unspecified atom stereocenters. The number of hydrogen-bond acceptors (Lipinski definition) is 4. The second-order valence-corrected chi connectivity index (χ2v) is 5.51. The zero-order valence-electron chi connectivity index (χ0n) is 11.9. The molecule has 0 bridgehead atoms. The number of amides is 2. The lowest BCUT2D eigenvalue weighted by atomic mass is 10.1. The van der Waals surface area contributed by atoms with E-state index in [0.717, 1.165) is 38.9 Å². The number of piperidine rings is 1. The van der Waals surface area contributed by atoms with Crippen LogP contribution in [0, 0.1) is 0 Å². The predicted molar refractivity (Wildman–Crippen MR) is 73.7 cm³/mol. The molecule has 2 amide bonds. The summed E-state index contributed by atoms with van der Waals surface area (Å²) in [5.41, 5.74) is 0. The van der Waals surface area contributed by atoms with Crippen LogP contribution in [-0.2, 0) is 9.59 Å². The fourth-order valence-corrected chi connectivity index (χ4v) is 2.99. The van der Waals surface area contributed by atoms with Crippen LogP contribution in [0.1, 0.15) is 39.0 Å². The quantitative estimate of drug-likeness (QED) is 0.792. The molecule has 108 valence electrons. The number of hydrogen-bond donors (Lipinski definition) is 1. The van der Waals surface area contributed by atoms with Gasteiger partial charge in [0.15, 0.2) is 0 Å². The third kappa shape index (κ3) is 3.76. The Morgan fingerprint density at radius 3 is 2.89 bits per heavy atom. The van der Waals surface area contributed by atoms with E-state index in [0.29, 0.717) is 25.6 Å². The van der Waals surface area contributed by atoms with E-state index in [1.165, 1.54) is 11.3 Å². The minimum absolute atomic E-state index is 0.00298. The van der Waals surface area contributed by atoms with Crippen molar-refractivity contribution in [3.8, 4) is 0 Å². The van der Waals surface area contributed by atoms with Crippen molar-refractivity contribution >= 4 is 11.8 Å². The lowest BCUT2D eigenvalue weighted by Crippen LogP contribution is -2.50. The summed E-state index contributed by atoms with van der Waals surface area (Å²) < 4.78 is 0. The summed E-state index contributed by atoms with van der Waals surface area (Å²) in [5.74, 6) is -0.00950. The molecule has 5 heteroatoms. The van der Waals surface area contributed by atoms with Gasteiger partial charge >= 0.3 is 0 Å². The molecular weight excluding hydrogens is 242 g/mol. The molecule has 0 radical (unpaired) electrons. The maximum absolute atomic E-state index is 12.2. The maximum Gasteiger partial charge on any atom is 0.243 e. The highest BCUT2D eigenvalue weighted by Gasteiger charge is 2.29. The second kappa shape index (κ2) is 7.01. The Kier molecular flexibility index (Phi) is 5.34. The van der Waals surface area contributed by atoms with Gasteiger partial charge in [0.05, 0.1) is 6.54 Å². The van der Waals surface area contributed by atoms with Gasteiger partial charge in [-0.15, -0.1) is 0 Å². The van der Waals surface area contributed by atoms with Gasteiger partial charge in [0, 0.05) is 25.6 Å². The number of nitrogens with zero attached hydrogens (tertiary/aromatic N) is 2. The second-order valence-electron chi connectivity index (χ2n) is 5.51. The molecular formula is C14H25N3O2. The molecule has 1 N–H and O–H groups in total. The average molecular weight is 267 g/mol. The third-order valence-corrected chi connectivity index (χ3v) is 4.01. The minimum Gasteiger partial charge on any atom is -0.315 e. The Labute approximate surface area is 115 Å². The molecule has 0 aromatic heterocycles. The number of carbonyl (C=O) groups excluding carboxylic acids is 2. The van der Waals surface area contributed by atoms with Crippen LogP contribution in [0.25, 0.3) is 0 Å². The normalized spacial score (nSPS) is 24.2. The SMILES string of the molecule is CCCN(CC(=O)N1CCCC1=O)C1CCCNC1. The first-order valence-corrected chi connectivity index (χ1v) is 7.50. The lowest BCUT2D eigenvalue weighted by Gasteiger charge is -2.34. The summed E-state index contributed by atoms with van der Waals surface area (Å²) >= 11 is 0. The summed E-state index contributed by atoms with van der Waals surface area (Å²) in [5, 5.41) is 3.39. The average Bonchev–Trinajstić information content (AvgIpc) is 2.85. The topological polar surface area (TPSA) is 52.7 Å². The van der Waals surface area contributed by atoms with Gasteiger partial charge in [-0.25, -0.2) is 0 Å². The molecule has 0 saturated carbocycles.